The third-order valence-electron chi connectivity index (χ3n) is 6.46. The molecule has 2 heterocycles. The molecular formula is C26H27N3O2. The standard InChI is InChI=1S/C26H27N3O2/c30-25(27-15-18-8-2-1-3-9-18)17-29-16-19(20-10-5-7-13-24(20)29)14-22-21-11-4-6-12-23(21)28-26(22)31/h4-7,10-14,16,18H,1-3,8-9,15,17H2,(H,27,30)(H,28,31). The summed E-state index contributed by atoms with van der Waals surface area (Å²) in [5, 5.41) is 7.09. The molecule has 1 saturated carbocycles. The highest BCUT2D eigenvalue weighted by Crippen LogP contribution is 2.34. The van der Waals surface area contributed by atoms with Gasteiger partial charge in [-0.3, -0.25) is 9.59 Å². The highest BCUT2D eigenvalue weighted by atomic mass is 16.2. The van der Waals surface area contributed by atoms with Crippen LogP contribution in [-0.2, 0) is 16.1 Å². The van der Waals surface area contributed by atoms with E-state index < -0.39 is 0 Å². The van der Waals surface area contributed by atoms with Crippen LogP contribution >= 0.6 is 0 Å². The van der Waals surface area contributed by atoms with E-state index in [9.17, 15) is 9.59 Å². The molecule has 0 unspecified atom stereocenters. The zero-order chi connectivity index (χ0) is 21.2. The van der Waals surface area contributed by atoms with Crippen molar-refractivity contribution in [1.29, 1.82) is 0 Å². The lowest BCUT2D eigenvalue weighted by atomic mass is 9.89. The van der Waals surface area contributed by atoms with E-state index in [2.05, 4.69) is 10.6 Å². The van der Waals surface area contributed by atoms with Gasteiger partial charge in [-0.25, -0.2) is 0 Å². The maximum absolute atomic E-state index is 12.7. The lowest BCUT2D eigenvalue weighted by Gasteiger charge is -2.21. The molecule has 158 valence electrons. The zero-order valence-electron chi connectivity index (χ0n) is 17.6. The Balaban J connectivity index is 1.40. The zero-order valence-corrected chi connectivity index (χ0v) is 17.6. The fourth-order valence-corrected chi connectivity index (χ4v) is 4.82. The summed E-state index contributed by atoms with van der Waals surface area (Å²) in [5.74, 6) is 0.554. The minimum Gasteiger partial charge on any atom is -0.354 e. The molecule has 1 fully saturated rings. The summed E-state index contributed by atoms with van der Waals surface area (Å²) in [4.78, 5) is 25.2. The molecule has 0 radical (unpaired) electrons. The van der Waals surface area contributed by atoms with Gasteiger partial charge >= 0.3 is 0 Å². The van der Waals surface area contributed by atoms with Crippen molar-refractivity contribution < 1.29 is 9.59 Å². The first-order valence-corrected chi connectivity index (χ1v) is 11.2. The van der Waals surface area contributed by atoms with E-state index in [0.717, 1.165) is 34.3 Å². The van der Waals surface area contributed by atoms with Crippen LogP contribution in [0.25, 0.3) is 22.6 Å². The number of nitrogens with zero attached hydrogens (tertiary/aromatic N) is 1. The second-order valence-corrected chi connectivity index (χ2v) is 8.60. The Labute approximate surface area is 182 Å². The molecular weight excluding hydrogens is 386 g/mol. The second-order valence-electron chi connectivity index (χ2n) is 8.60. The molecule has 2 aromatic carbocycles. The number of para-hydroxylation sites is 2. The van der Waals surface area contributed by atoms with Crippen molar-refractivity contribution in [2.45, 2.75) is 38.6 Å². The molecule has 31 heavy (non-hydrogen) atoms. The van der Waals surface area contributed by atoms with Crippen molar-refractivity contribution >= 4 is 40.1 Å². The predicted octanol–water partition coefficient (Wildman–Crippen LogP) is 4.83. The van der Waals surface area contributed by atoms with E-state index in [1.807, 2.05) is 65.4 Å². The fourth-order valence-electron chi connectivity index (χ4n) is 4.82. The molecule has 0 atom stereocenters. The van der Waals surface area contributed by atoms with E-state index in [-0.39, 0.29) is 18.4 Å². The van der Waals surface area contributed by atoms with Crippen LogP contribution in [0, 0.1) is 5.92 Å². The SMILES string of the molecule is O=C(Cn1cc(C=C2C(=O)Nc3ccccc32)c2ccccc21)NCC1CCCCC1. The Morgan fingerprint density at radius 3 is 2.71 bits per heavy atom. The van der Waals surface area contributed by atoms with Gasteiger partial charge in [0.15, 0.2) is 0 Å². The quantitative estimate of drug-likeness (QED) is 0.589. The van der Waals surface area contributed by atoms with Crippen molar-refractivity contribution in [2.24, 2.45) is 5.92 Å². The predicted molar refractivity (Wildman–Crippen MR) is 124 cm³/mol. The van der Waals surface area contributed by atoms with Gasteiger partial charge in [0.25, 0.3) is 5.91 Å². The minimum absolute atomic E-state index is 0.0366. The average molecular weight is 414 g/mol. The van der Waals surface area contributed by atoms with Crippen LogP contribution in [-0.4, -0.2) is 22.9 Å². The highest BCUT2D eigenvalue weighted by molar-refractivity contribution is 6.35. The van der Waals surface area contributed by atoms with Crippen molar-refractivity contribution in [3.8, 4) is 0 Å². The number of benzene rings is 2. The third-order valence-corrected chi connectivity index (χ3v) is 6.46. The number of carbonyl (C=O) groups is 2. The Morgan fingerprint density at radius 1 is 1.06 bits per heavy atom. The smallest absolute Gasteiger partial charge is 0.256 e. The Morgan fingerprint density at radius 2 is 1.84 bits per heavy atom. The van der Waals surface area contributed by atoms with E-state index >= 15 is 0 Å². The lowest BCUT2D eigenvalue weighted by molar-refractivity contribution is -0.121. The summed E-state index contributed by atoms with van der Waals surface area (Å²) in [6.07, 6.45) is 10.2. The van der Waals surface area contributed by atoms with Crippen LogP contribution in [0.5, 0.6) is 0 Å². The minimum atomic E-state index is -0.0942. The molecule has 5 heteroatoms. The first kappa shape index (κ1) is 19.6. The molecule has 0 bridgehead atoms. The molecule has 0 spiro atoms. The molecule has 5 nitrogen and oxygen atoms in total. The van der Waals surface area contributed by atoms with Gasteiger partial charge < -0.3 is 15.2 Å². The van der Waals surface area contributed by atoms with Crippen molar-refractivity contribution in [2.75, 3.05) is 11.9 Å². The summed E-state index contributed by atoms with van der Waals surface area (Å²) in [5.41, 5.74) is 4.34. The summed E-state index contributed by atoms with van der Waals surface area (Å²) >= 11 is 0. The number of anilines is 1. The molecule has 2 aliphatic rings. The van der Waals surface area contributed by atoms with Crippen LogP contribution in [0.3, 0.4) is 0 Å². The first-order chi connectivity index (χ1) is 15.2. The monoisotopic (exact) mass is 413 g/mol. The molecule has 5 rings (SSSR count). The van der Waals surface area contributed by atoms with Gasteiger partial charge in [-0.2, -0.15) is 0 Å². The third kappa shape index (κ3) is 4.00. The summed E-state index contributed by atoms with van der Waals surface area (Å²) in [7, 11) is 0. The number of carbonyl (C=O) groups excluding carboxylic acids is 2. The average Bonchev–Trinajstić information content (AvgIpc) is 3.31. The van der Waals surface area contributed by atoms with Gasteiger partial charge in [0.1, 0.15) is 6.54 Å². The van der Waals surface area contributed by atoms with Crippen molar-refractivity contribution in [3.05, 3.63) is 65.9 Å². The van der Waals surface area contributed by atoms with Gasteiger partial charge in [-0.1, -0.05) is 55.7 Å². The Kier molecular flexibility index (Phi) is 5.33. The largest absolute Gasteiger partial charge is 0.354 e. The maximum atomic E-state index is 12.7. The van der Waals surface area contributed by atoms with Crippen LogP contribution in [0.15, 0.2) is 54.7 Å². The maximum Gasteiger partial charge on any atom is 0.256 e. The Hall–Kier alpha value is -3.34. The second kappa shape index (κ2) is 8.42. The molecule has 1 aliphatic carbocycles. The Bertz CT molecular complexity index is 1170. The van der Waals surface area contributed by atoms with Gasteiger partial charge in [0.05, 0.1) is 0 Å². The fraction of sp³-hybridized carbons (Fsp3) is 0.308. The molecule has 2 N–H and O–H groups in total. The summed E-state index contributed by atoms with van der Waals surface area (Å²) < 4.78 is 1.98. The van der Waals surface area contributed by atoms with Crippen molar-refractivity contribution in [1.82, 2.24) is 9.88 Å². The number of amides is 2. The highest BCUT2D eigenvalue weighted by Gasteiger charge is 2.24. The normalized spacial score (nSPS) is 17.7. The van der Waals surface area contributed by atoms with Crippen LogP contribution in [0.2, 0.25) is 0 Å². The van der Waals surface area contributed by atoms with Gasteiger partial charge in [-0.15, -0.1) is 0 Å². The molecule has 1 aromatic heterocycles. The molecule has 2 amide bonds. The number of hydrogen-bond acceptors (Lipinski definition) is 2. The first-order valence-electron chi connectivity index (χ1n) is 11.2. The van der Waals surface area contributed by atoms with Crippen LogP contribution < -0.4 is 10.6 Å². The molecule has 0 saturated heterocycles. The number of fused-ring (bicyclic) bond motifs is 2. The van der Waals surface area contributed by atoms with Gasteiger partial charge in [-0.05, 0) is 37.0 Å². The van der Waals surface area contributed by atoms with E-state index in [0.29, 0.717) is 11.5 Å². The van der Waals surface area contributed by atoms with E-state index in [1.165, 1.54) is 32.1 Å². The topological polar surface area (TPSA) is 63.1 Å². The van der Waals surface area contributed by atoms with Crippen molar-refractivity contribution in [3.63, 3.8) is 0 Å². The van der Waals surface area contributed by atoms with Gasteiger partial charge in [0.2, 0.25) is 5.91 Å². The number of rotatable bonds is 5. The van der Waals surface area contributed by atoms with Crippen LogP contribution in [0.1, 0.15) is 43.2 Å². The number of hydrogen-bond donors (Lipinski definition) is 2. The summed E-state index contributed by atoms with van der Waals surface area (Å²) in [6.45, 7) is 1.05. The molecule has 3 aromatic rings. The van der Waals surface area contributed by atoms with Gasteiger partial charge in [0, 0.05) is 46.0 Å². The lowest BCUT2D eigenvalue weighted by Crippen LogP contribution is -2.32. The molecule has 1 aliphatic heterocycles. The number of nitrogens with one attached hydrogen (secondary N) is 2. The van der Waals surface area contributed by atoms with Crippen LogP contribution in [0.4, 0.5) is 5.69 Å². The van der Waals surface area contributed by atoms with E-state index in [4.69, 9.17) is 0 Å². The summed E-state index contributed by atoms with van der Waals surface area (Å²) in [6, 6.07) is 15.7. The van der Waals surface area contributed by atoms with E-state index in [1.54, 1.807) is 0 Å². The number of aromatic nitrogens is 1.